The number of carbonyl (C=O) groups excluding carboxylic acids is 1. The molecular formula is C17H23N3O. The summed E-state index contributed by atoms with van der Waals surface area (Å²) in [4.78, 5) is 17.9. The predicted octanol–water partition coefficient (Wildman–Crippen LogP) is 3.26. The molecule has 112 valence electrons. The highest BCUT2D eigenvalue weighted by atomic mass is 16.2. The van der Waals surface area contributed by atoms with Gasteiger partial charge in [0.15, 0.2) is 0 Å². The van der Waals surface area contributed by atoms with Gasteiger partial charge in [0.2, 0.25) is 0 Å². The van der Waals surface area contributed by atoms with Crippen LogP contribution in [0, 0.1) is 11.8 Å². The highest BCUT2D eigenvalue weighted by Crippen LogP contribution is 2.27. The number of aromatic nitrogens is 1. The van der Waals surface area contributed by atoms with Gasteiger partial charge < -0.3 is 15.6 Å². The topological polar surface area (TPSA) is 62.1 Å². The van der Waals surface area contributed by atoms with Crippen molar-refractivity contribution in [2.45, 2.75) is 26.7 Å². The Hall–Kier alpha value is -1.97. The third-order valence-electron chi connectivity index (χ3n) is 4.71. The second kappa shape index (κ2) is 5.43. The summed E-state index contributed by atoms with van der Waals surface area (Å²) in [6.07, 6.45) is 4.02. The fraction of sp³-hybridized carbons (Fsp3) is 0.471. The van der Waals surface area contributed by atoms with Gasteiger partial charge in [-0.05, 0) is 42.9 Å². The maximum atomic E-state index is 12.7. The maximum absolute atomic E-state index is 12.7. The zero-order chi connectivity index (χ0) is 15.0. The molecule has 0 radical (unpaired) electrons. The molecule has 1 aliphatic rings. The lowest BCUT2D eigenvalue weighted by atomic mass is 9.86. The normalized spacial score (nSPS) is 16.8. The predicted molar refractivity (Wildman–Crippen MR) is 86.2 cm³/mol. The summed E-state index contributed by atoms with van der Waals surface area (Å²) < 4.78 is 0. The second-order valence-electron chi connectivity index (χ2n) is 6.38. The van der Waals surface area contributed by atoms with E-state index in [9.17, 15) is 4.79 Å². The number of nitrogen functional groups attached to an aromatic ring is 1. The van der Waals surface area contributed by atoms with Gasteiger partial charge in [0.1, 0.15) is 0 Å². The lowest BCUT2D eigenvalue weighted by molar-refractivity contribution is 0.0670. The lowest BCUT2D eigenvalue weighted by Gasteiger charge is -2.33. The van der Waals surface area contributed by atoms with Crippen LogP contribution in [-0.2, 0) is 0 Å². The number of rotatable bonds is 2. The van der Waals surface area contributed by atoms with E-state index in [0.29, 0.717) is 11.6 Å². The molecule has 4 heteroatoms. The number of hydrogen-bond donors (Lipinski definition) is 2. The summed E-state index contributed by atoms with van der Waals surface area (Å²) in [7, 11) is 0. The molecule has 0 spiro atoms. The summed E-state index contributed by atoms with van der Waals surface area (Å²) >= 11 is 0. The van der Waals surface area contributed by atoms with E-state index in [0.717, 1.165) is 48.3 Å². The van der Waals surface area contributed by atoms with Crippen molar-refractivity contribution in [1.29, 1.82) is 0 Å². The van der Waals surface area contributed by atoms with Gasteiger partial charge in [-0.3, -0.25) is 4.79 Å². The summed E-state index contributed by atoms with van der Waals surface area (Å²) in [5, 5.41) is 0.922. The average Bonchev–Trinajstić information content (AvgIpc) is 2.89. The minimum atomic E-state index is 0.119. The van der Waals surface area contributed by atoms with Crippen molar-refractivity contribution in [2.75, 3.05) is 18.8 Å². The first kappa shape index (κ1) is 14.0. The van der Waals surface area contributed by atoms with Crippen LogP contribution in [0.2, 0.25) is 0 Å². The van der Waals surface area contributed by atoms with Crippen molar-refractivity contribution in [2.24, 2.45) is 11.8 Å². The summed E-state index contributed by atoms with van der Waals surface area (Å²) in [5.74, 6) is 1.57. The minimum Gasteiger partial charge on any atom is -0.399 e. The van der Waals surface area contributed by atoms with E-state index in [-0.39, 0.29) is 5.91 Å². The Morgan fingerprint density at radius 2 is 2.05 bits per heavy atom. The third-order valence-corrected chi connectivity index (χ3v) is 4.71. The van der Waals surface area contributed by atoms with E-state index >= 15 is 0 Å². The fourth-order valence-electron chi connectivity index (χ4n) is 3.25. The molecule has 0 saturated carbocycles. The monoisotopic (exact) mass is 285 g/mol. The zero-order valence-electron chi connectivity index (χ0n) is 12.7. The molecule has 1 fully saturated rings. The van der Waals surface area contributed by atoms with Gasteiger partial charge in [0.05, 0.1) is 5.56 Å². The van der Waals surface area contributed by atoms with E-state index in [1.54, 1.807) is 6.20 Å². The molecule has 0 atom stereocenters. The first-order valence-electron chi connectivity index (χ1n) is 7.72. The number of piperidine rings is 1. The van der Waals surface area contributed by atoms with Crippen molar-refractivity contribution < 1.29 is 4.79 Å². The molecule has 2 heterocycles. The smallest absolute Gasteiger partial charge is 0.256 e. The van der Waals surface area contributed by atoms with Gasteiger partial charge in [-0.2, -0.15) is 0 Å². The Morgan fingerprint density at radius 1 is 1.33 bits per heavy atom. The van der Waals surface area contributed by atoms with Crippen molar-refractivity contribution in [3.63, 3.8) is 0 Å². The molecule has 1 saturated heterocycles. The summed E-state index contributed by atoms with van der Waals surface area (Å²) in [6, 6.07) is 5.65. The van der Waals surface area contributed by atoms with Crippen LogP contribution >= 0.6 is 0 Å². The van der Waals surface area contributed by atoms with Gasteiger partial charge in [-0.15, -0.1) is 0 Å². The van der Waals surface area contributed by atoms with E-state index < -0.39 is 0 Å². The number of H-pyrrole nitrogens is 1. The SMILES string of the molecule is CC(C)C1CCN(C(=O)c2c[nH]c3ccc(N)cc23)CC1. The number of amides is 1. The molecular weight excluding hydrogens is 262 g/mol. The highest BCUT2D eigenvalue weighted by Gasteiger charge is 2.26. The number of benzene rings is 1. The summed E-state index contributed by atoms with van der Waals surface area (Å²) in [5.41, 5.74) is 8.23. The average molecular weight is 285 g/mol. The van der Waals surface area contributed by atoms with Crippen LogP contribution in [0.4, 0.5) is 5.69 Å². The number of nitrogens with zero attached hydrogens (tertiary/aromatic N) is 1. The van der Waals surface area contributed by atoms with Crippen molar-refractivity contribution in [3.8, 4) is 0 Å². The molecule has 3 N–H and O–H groups in total. The van der Waals surface area contributed by atoms with Crippen molar-refractivity contribution >= 4 is 22.5 Å². The molecule has 1 aromatic carbocycles. The number of likely N-dealkylation sites (tertiary alicyclic amines) is 1. The molecule has 21 heavy (non-hydrogen) atoms. The zero-order valence-corrected chi connectivity index (χ0v) is 12.7. The van der Waals surface area contributed by atoms with Gasteiger partial charge in [0.25, 0.3) is 5.91 Å². The molecule has 1 aromatic heterocycles. The van der Waals surface area contributed by atoms with Gasteiger partial charge in [-0.25, -0.2) is 0 Å². The van der Waals surface area contributed by atoms with Crippen LogP contribution < -0.4 is 5.73 Å². The maximum Gasteiger partial charge on any atom is 0.256 e. The van der Waals surface area contributed by atoms with E-state index in [2.05, 4.69) is 18.8 Å². The van der Waals surface area contributed by atoms with Crippen molar-refractivity contribution in [1.82, 2.24) is 9.88 Å². The number of aromatic amines is 1. The second-order valence-corrected chi connectivity index (χ2v) is 6.38. The molecule has 0 bridgehead atoms. The largest absolute Gasteiger partial charge is 0.399 e. The van der Waals surface area contributed by atoms with Crippen LogP contribution in [0.15, 0.2) is 24.4 Å². The molecule has 0 aliphatic carbocycles. The van der Waals surface area contributed by atoms with Crippen LogP contribution in [-0.4, -0.2) is 28.9 Å². The number of nitrogens with one attached hydrogen (secondary N) is 1. The molecule has 4 nitrogen and oxygen atoms in total. The van der Waals surface area contributed by atoms with Crippen LogP contribution in [0.3, 0.4) is 0 Å². The molecule has 2 aromatic rings. The Balaban J connectivity index is 1.80. The molecule has 0 unspecified atom stereocenters. The number of nitrogens with two attached hydrogens (primary N) is 1. The van der Waals surface area contributed by atoms with Crippen molar-refractivity contribution in [3.05, 3.63) is 30.0 Å². The van der Waals surface area contributed by atoms with E-state index in [1.165, 1.54) is 0 Å². The Morgan fingerprint density at radius 3 is 2.71 bits per heavy atom. The van der Waals surface area contributed by atoms with Crippen LogP contribution in [0.5, 0.6) is 0 Å². The summed E-state index contributed by atoms with van der Waals surface area (Å²) in [6.45, 7) is 6.25. The minimum absolute atomic E-state index is 0.119. The van der Waals surface area contributed by atoms with Crippen LogP contribution in [0.25, 0.3) is 10.9 Å². The first-order valence-corrected chi connectivity index (χ1v) is 7.72. The molecule has 1 amide bonds. The number of hydrogen-bond acceptors (Lipinski definition) is 2. The van der Waals surface area contributed by atoms with Crippen LogP contribution in [0.1, 0.15) is 37.0 Å². The van der Waals surface area contributed by atoms with E-state index in [4.69, 9.17) is 5.73 Å². The molecule has 1 aliphatic heterocycles. The first-order chi connectivity index (χ1) is 10.1. The lowest BCUT2D eigenvalue weighted by Crippen LogP contribution is -2.39. The fourth-order valence-corrected chi connectivity index (χ4v) is 3.25. The van der Waals surface area contributed by atoms with Gasteiger partial charge in [0, 0.05) is 35.9 Å². The van der Waals surface area contributed by atoms with Gasteiger partial charge >= 0.3 is 0 Å². The quantitative estimate of drug-likeness (QED) is 0.832. The Kier molecular flexibility index (Phi) is 3.62. The van der Waals surface area contributed by atoms with E-state index in [1.807, 2.05) is 23.1 Å². The number of fused-ring (bicyclic) bond motifs is 1. The Labute approximate surface area is 125 Å². The number of anilines is 1. The Bertz CT molecular complexity index is 651. The molecule has 3 rings (SSSR count). The standard InChI is InChI=1S/C17H23N3O/c1-11(2)12-5-7-20(8-6-12)17(21)15-10-19-16-4-3-13(18)9-14(15)16/h3-4,9-12,19H,5-8,18H2,1-2H3. The van der Waals surface area contributed by atoms with Gasteiger partial charge in [-0.1, -0.05) is 13.8 Å². The number of carbonyl (C=O) groups is 1. The third kappa shape index (κ3) is 2.62. The highest BCUT2D eigenvalue weighted by molar-refractivity contribution is 6.07.